The molecule has 0 bridgehead atoms. The lowest BCUT2D eigenvalue weighted by molar-refractivity contribution is 0.342. The van der Waals surface area contributed by atoms with E-state index < -0.39 is 0 Å². The molecule has 2 fully saturated rings. The minimum Gasteiger partial charge on any atom is -0.368 e. The van der Waals surface area contributed by atoms with Gasteiger partial charge in [-0.3, -0.25) is 0 Å². The Morgan fingerprint density at radius 1 is 1.12 bits per heavy atom. The lowest BCUT2D eigenvalue weighted by atomic mass is 9.85. The van der Waals surface area contributed by atoms with Gasteiger partial charge in [0.15, 0.2) is 0 Å². The summed E-state index contributed by atoms with van der Waals surface area (Å²) < 4.78 is 0. The lowest BCUT2D eigenvalue weighted by Crippen LogP contribution is -2.35. The predicted molar refractivity (Wildman–Crippen MR) is 76.8 cm³/mol. The summed E-state index contributed by atoms with van der Waals surface area (Å²) in [5.41, 5.74) is 2.91. The Morgan fingerprint density at radius 3 is 2.82 bits per heavy atom. The van der Waals surface area contributed by atoms with Crippen molar-refractivity contribution in [1.82, 2.24) is 0 Å². The van der Waals surface area contributed by atoms with Crippen LogP contribution in [-0.2, 0) is 5.33 Å². The van der Waals surface area contributed by atoms with Gasteiger partial charge in [0.1, 0.15) is 0 Å². The average Bonchev–Trinajstić information content (AvgIpc) is 2.82. The fourth-order valence-corrected chi connectivity index (χ4v) is 4.08. The Morgan fingerprint density at radius 2 is 1.94 bits per heavy atom. The molecule has 2 aliphatic rings. The van der Waals surface area contributed by atoms with Gasteiger partial charge in [-0.2, -0.15) is 0 Å². The summed E-state index contributed by atoms with van der Waals surface area (Å²) >= 11 is 3.62. The van der Waals surface area contributed by atoms with Crippen molar-refractivity contribution >= 4 is 21.6 Å². The molecule has 1 nitrogen and oxygen atoms in total. The smallest absolute Gasteiger partial charge is 0.0409 e. The molecule has 0 N–H and O–H groups in total. The minimum atomic E-state index is 0.823. The predicted octanol–water partition coefficient (Wildman–Crippen LogP) is 4.35. The van der Waals surface area contributed by atoms with Gasteiger partial charge in [-0.1, -0.05) is 47.0 Å². The Balaban J connectivity index is 1.88. The average molecular weight is 294 g/mol. The van der Waals surface area contributed by atoms with E-state index in [-0.39, 0.29) is 0 Å². The summed E-state index contributed by atoms with van der Waals surface area (Å²) in [4.78, 5) is 2.68. The van der Waals surface area contributed by atoms with E-state index in [9.17, 15) is 0 Å². The number of hydrogen-bond donors (Lipinski definition) is 0. The van der Waals surface area contributed by atoms with Gasteiger partial charge in [0, 0.05) is 23.6 Å². The first-order chi connectivity index (χ1) is 8.40. The van der Waals surface area contributed by atoms with E-state index in [1.807, 2.05) is 0 Å². The number of benzene rings is 1. The van der Waals surface area contributed by atoms with E-state index in [1.165, 1.54) is 49.9 Å². The summed E-state index contributed by atoms with van der Waals surface area (Å²) in [5.74, 6) is 0.965. The molecule has 0 spiro atoms. The van der Waals surface area contributed by atoms with Crippen LogP contribution in [0.3, 0.4) is 0 Å². The topological polar surface area (TPSA) is 3.24 Å². The molecular weight excluding hydrogens is 274 g/mol. The molecule has 2 atom stereocenters. The molecular formula is C15H20BrN. The number of halogens is 1. The molecule has 1 heterocycles. The van der Waals surface area contributed by atoms with E-state index >= 15 is 0 Å². The van der Waals surface area contributed by atoms with Crippen molar-refractivity contribution in [2.45, 2.75) is 43.5 Å². The number of fused-ring (bicyclic) bond motifs is 1. The van der Waals surface area contributed by atoms with Gasteiger partial charge >= 0.3 is 0 Å². The first-order valence-electron chi connectivity index (χ1n) is 6.80. The molecule has 1 aliphatic heterocycles. The Hall–Kier alpha value is -0.500. The zero-order valence-corrected chi connectivity index (χ0v) is 11.8. The van der Waals surface area contributed by atoms with E-state index in [1.54, 1.807) is 0 Å². The summed E-state index contributed by atoms with van der Waals surface area (Å²) in [6.45, 7) is 1.26. The second-order valence-electron chi connectivity index (χ2n) is 5.36. The number of hydrogen-bond acceptors (Lipinski definition) is 1. The van der Waals surface area contributed by atoms with Crippen molar-refractivity contribution in [3.05, 3.63) is 29.8 Å². The highest BCUT2D eigenvalue weighted by Crippen LogP contribution is 2.40. The maximum Gasteiger partial charge on any atom is 0.0409 e. The molecule has 3 rings (SSSR count). The third-order valence-electron chi connectivity index (χ3n) is 4.46. The van der Waals surface area contributed by atoms with Crippen LogP contribution in [0.5, 0.6) is 0 Å². The van der Waals surface area contributed by atoms with Crippen LogP contribution in [0.4, 0.5) is 5.69 Å². The Kier molecular flexibility index (Phi) is 3.41. The quantitative estimate of drug-likeness (QED) is 0.733. The fraction of sp³-hybridized carbons (Fsp3) is 0.600. The monoisotopic (exact) mass is 293 g/mol. The van der Waals surface area contributed by atoms with Crippen molar-refractivity contribution in [1.29, 1.82) is 0 Å². The van der Waals surface area contributed by atoms with Gasteiger partial charge in [-0.05, 0) is 36.8 Å². The zero-order valence-electron chi connectivity index (χ0n) is 10.2. The summed E-state index contributed by atoms with van der Waals surface area (Å²) in [6, 6.07) is 9.70. The van der Waals surface area contributed by atoms with Crippen LogP contribution in [0.25, 0.3) is 0 Å². The maximum absolute atomic E-state index is 3.62. The van der Waals surface area contributed by atoms with Crippen molar-refractivity contribution in [2.24, 2.45) is 5.92 Å². The van der Waals surface area contributed by atoms with E-state index in [4.69, 9.17) is 0 Å². The molecule has 1 aliphatic carbocycles. The number of para-hydroxylation sites is 1. The standard InChI is InChI=1S/C15H20BrN/c16-11-13-6-2-4-8-15(13)17-10-9-12-5-1-3-7-14(12)17/h2,4,6,8,12,14H,1,3,5,7,9-11H2. The SMILES string of the molecule is BrCc1ccccc1N1CCC2CCCCC21. The highest BCUT2D eigenvalue weighted by Gasteiger charge is 2.36. The van der Waals surface area contributed by atoms with E-state index in [2.05, 4.69) is 45.1 Å². The van der Waals surface area contributed by atoms with Crippen LogP contribution >= 0.6 is 15.9 Å². The molecule has 1 saturated carbocycles. The molecule has 0 amide bonds. The highest BCUT2D eigenvalue weighted by atomic mass is 79.9. The number of rotatable bonds is 2. The number of anilines is 1. The lowest BCUT2D eigenvalue weighted by Gasteiger charge is -2.34. The normalized spacial score (nSPS) is 28.2. The van der Waals surface area contributed by atoms with Crippen molar-refractivity contribution in [3.63, 3.8) is 0 Å². The number of alkyl halides is 1. The molecule has 92 valence electrons. The Labute approximate surface area is 112 Å². The van der Waals surface area contributed by atoms with Crippen LogP contribution in [0.1, 0.15) is 37.7 Å². The van der Waals surface area contributed by atoms with Crippen LogP contribution in [0.2, 0.25) is 0 Å². The van der Waals surface area contributed by atoms with Gasteiger partial charge in [0.25, 0.3) is 0 Å². The van der Waals surface area contributed by atoms with E-state index in [0.717, 1.165) is 17.3 Å². The van der Waals surface area contributed by atoms with Gasteiger partial charge in [0.2, 0.25) is 0 Å². The van der Waals surface area contributed by atoms with Crippen LogP contribution < -0.4 is 4.90 Å². The molecule has 17 heavy (non-hydrogen) atoms. The van der Waals surface area contributed by atoms with Crippen molar-refractivity contribution in [2.75, 3.05) is 11.4 Å². The summed E-state index contributed by atoms with van der Waals surface area (Å²) in [5, 5.41) is 0.969. The summed E-state index contributed by atoms with van der Waals surface area (Å²) in [6.07, 6.45) is 7.14. The molecule has 0 radical (unpaired) electrons. The van der Waals surface area contributed by atoms with Crippen LogP contribution in [-0.4, -0.2) is 12.6 Å². The van der Waals surface area contributed by atoms with Crippen LogP contribution in [0.15, 0.2) is 24.3 Å². The second-order valence-corrected chi connectivity index (χ2v) is 5.92. The highest BCUT2D eigenvalue weighted by molar-refractivity contribution is 9.08. The molecule has 1 aromatic rings. The Bertz CT molecular complexity index is 390. The molecule has 1 aromatic carbocycles. The van der Waals surface area contributed by atoms with Gasteiger partial charge in [0.05, 0.1) is 0 Å². The zero-order chi connectivity index (χ0) is 11.7. The van der Waals surface area contributed by atoms with Crippen LogP contribution in [0, 0.1) is 5.92 Å². The maximum atomic E-state index is 3.62. The third-order valence-corrected chi connectivity index (χ3v) is 5.06. The summed E-state index contributed by atoms with van der Waals surface area (Å²) in [7, 11) is 0. The third kappa shape index (κ3) is 2.12. The molecule has 2 unspecified atom stereocenters. The first-order valence-corrected chi connectivity index (χ1v) is 7.93. The molecule has 2 heteroatoms. The van der Waals surface area contributed by atoms with Gasteiger partial charge < -0.3 is 4.90 Å². The van der Waals surface area contributed by atoms with Gasteiger partial charge in [-0.15, -0.1) is 0 Å². The van der Waals surface area contributed by atoms with E-state index in [0.29, 0.717) is 0 Å². The molecule has 0 aromatic heterocycles. The second kappa shape index (κ2) is 5.01. The van der Waals surface area contributed by atoms with Crippen molar-refractivity contribution < 1.29 is 0 Å². The number of nitrogens with zero attached hydrogens (tertiary/aromatic N) is 1. The molecule has 1 saturated heterocycles. The minimum absolute atomic E-state index is 0.823. The first kappa shape index (κ1) is 11.6. The fourth-order valence-electron chi connectivity index (χ4n) is 3.61. The van der Waals surface area contributed by atoms with Crippen molar-refractivity contribution in [3.8, 4) is 0 Å². The largest absolute Gasteiger partial charge is 0.368 e. The van der Waals surface area contributed by atoms with Gasteiger partial charge in [-0.25, -0.2) is 0 Å².